The van der Waals surface area contributed by atoms with Crippen molar-refractivity contribution >= 4 is 45.9 Å². The highest BCUT2D eigenvalue weighted by Crippen LogP contribution is 2.25. The van der Waals surface area contributed by atoms with E-state index in [1.54, 1.807) is 36.8 Å². The van der Waals surface area contributed by atoms with Crippen molar-refractivity contribution in [1.29, 1.82) is 0 Å². The van der Waals surface area contributed by atoms with E-state index in [1.165, 1.54) is 11.8 Å². The number of amides is 1. The molecule has 0 fully saturated rings. The van der Waals surface area contributed by atoms with Crippen molar-refractivity contribution in [2.75, 3.05) is 19.0 Å². The van der Waals surface area contributed by atoms with Crippen LogP contribution < -0.4 is 10.9 Å². The van der Waals surface area contributed by atoms with Crippen molar-refractivity contribution in [1.82, 2.24) is 9.55 Å². The van der Waals surface area contributed by atoms with Gasteiger partial charge in [-0.15, -0.1) is 0 Å². The molecule has 1 unspecified atom stereocenters. The smallest absolute Gasteiger partial charge is 0.262 e. The Labute approximate surface area is 178 Å². The highest BCUT2D eigenvalue weighted by Gasteiger charge is 2.20. The standard InChI is InChI=1S/C21H22ClN3O3S/c1-13-5-4-6-16(11-13)23-19(26)14(2)29-21-24-18-12-15(22)7-8-17(18)20(27)25(21)9-10-28-3/h4-8,11-12,14H,9-10H2,1-3H3,(H,23,26). The third kappa shape index (κ3) is 5.18. The number of anilines is 1. The SMILES string of the molecule is COCCn1c(SC(C)C(=O)Nc2cccc(C)c2)nc2cc(Cl)ccc2c1=O. The Balaban J connectivity index is 1.90. The minimum absolute atomic E-state index is 0.167. The van der Waals surface area contributed by atoms with E-state index in [9.17, 15) is 9.59 Å². The quantitative estimate of drug-likeness (QED) is 0.450. The third-order valence-corrected chi connectivity index (χ3v) is 5.66. The molecule has 0 saturated carbocycles. The van der Waals surface area contributed by atoms with Crippen LogP contribution in [0.4, 0.5) is 5.69 Å². The molecule has 29 heavy (non-hydrogen) atoms. The summed E-state index contributed by atoms with van der Waals surface area (Å²) in [6, 6.07) is 12.6. The molecule has 0 spiro atoms. The molecule has 2 aromatic carbocycles. The zero-order valence-corrected chi connectivity index (χ0v) is 18.0. The summed E-state index contributed by atoms with van der Waals surface area (Å²) in [6.45, 7) is 4.45. The van der Waals surface area contributed by atoms with Gasteiger partial charge in [-0.05, 0) is 49.7 Å². The summed E-state index contributed by atoms with van der Waals surface area (Å²) in [4.78, 5) is 30.2. The number of carbonyl (C=O) groups excluding carboxylic acids is 1. The molecular formula is C21H22ClN3O3S. The summed E-state index contributed by atoms with van der Waals surface area (Å²) in [5, 5.41) is 3.87. The molecular weight excluding hydrogens is 410 g/mol. The highest BCUT2D eigenvalue weighted by atomic mass is 35.5. The van der Waals surface area contributed by atoms with Crippen molar-refractivity contribution in [3.05, 3.63) is 63.4 Å². The van der Waals surface area contributed by atoms with E-state index in [-0.39, 0.29) is 11.5 Å². The molecule has 152 valence electrons. The minimum atomic E-state index is -0.465. The van der Waals surface area contributed by atoms with Crippen LogP contribution in [0.2, 0.25) is 5.02 Å². The van der Waals surface area contributed by atoms with Gasteiger partial charge in [0.05, 0.1) is 29.3 Å². The van der Waals surface area contributed by atoms with Gasteiger partial charge in [-0.2, -0.15) is 0 Å². The number of hydrogen-bond acceptors (Lipinski definition) is 5. The first kappa shape index (κ1) is 21.4. The van der Waals surface area contributed by atoms with Crippen molar-refractivity contribution in [2.45, 2.75) is 30.8 Å². The van der Waals surface area contributed by atoms with Crippen molar-refractivity contribution < 1.29 is 9.53 Å². The number of aryl methyl sites for hydroxylation is 1. The van der Waals surface area contributed by atoms with Gasteiger partial charge in [-0.1, -0.05) is 35.5 Å². The Morgan fingerprint density at radius 3 is 2.83 bits per heavy atom. The largest absolute Gasteiger partial charge is 0.383 e. The van der Waals surface area contributed by atoms with Crippen molar-refractivity contribution in [2.24, 2.45) is 0 Å². The maximum absolute atomic E-state index is 13.0. The second-order valence-corrected chi connectivity index (χ2v) is 8.37. The second-order valence-electron chi connectivity index (χ2n) is 6.62. The van der Waals surface area contributed by atoms with Crippen LogP contribution in [0, 0.1) is 6.92 Å². The number of ether oxygens (including phenoxy) is 1. The molecule has 8 heteroatoms. The number of hydrogen-bond donors (Lipinski definition) is 1. The lowest BCUT2D eigenvalue weighted by atomic mass is 10.2. The normalized spacial score (nSPS) is 12.1. The number of fused-ring (bicyclic) bond motifs is 1. The highest BCUT2D eigenvalue weighted by molar-refractivity contribution is 8.00. The van der Waals surface area contributed by atoms with Crippen LogP contribution in [0.1, 0.15) is 12.5 Å². The fourth-order valence-electron chi connectivity index (χ4n) is 2.82. The number of nitrogens with zero attached hydrogens (tertiary/aromatic N) is 2. The molecule has 1 aromatic heterocycles. The molecule has 1 heterocycles. The number of rotatable bonds is 7. The first-order chi connectivity index (χ1) is 13.9. The monoisotopic (exact) mass is 431 g/mol. The Kier molecular flexibility index (Phi) is 6.95. The predicted molar refractivity (Wildman–Crippen MR) is 118 cm³/mol. The second kappa shape index (κ2) is 9.43. The Morgan fingerprint density at radius 2 is 2.10 bits per heavy atom. The van der Waals surface area contributed by atoms with Crippen LogP contribution in [0.3, 0.4) is 0 Å². The molecule has 3 rings (SSSR count). The van der Waals surface area contributed by atoms with Gasteiger partial charge in [-0.3, -0.25) is 14.2 Å². The van der Waals surface area contributed by atoms with Gasteiger partial charge in [-0.25, -0.2) is 4.98 Å². The maximum Gasteiger partial charge on any atom is 0.262 e. The third-order valence-electron chi connectivity index (χ3n) is 4.34. The maximum atomic E-state index is 13.0. The van der Waals surface area contributed by atoms with E-state index in [4.69, 9.17) is 16.3 Å². The van der Waals surface area contributed by atoms with Gasteiger partial charge >= 0.3 is 0 Å². The predicted octanol–water partition coefficient (Wildman–Crippen LogP) is 4.12. The number of benzene rings is 2. The van der Waals surface area contributed by atoms with Crippen molar-refractivity contribution in [3.8, 4) is 0 Å². The lowest BCUT2D eigenvalue weighted by Gasteiger charge is -2.16. The number of nitrogens with one attached hydrogen (secondary N) is 1. The Hall–Kier alpha value is -2.35. The molecule has 0 saturated heterocycles. The fraction of sp³-hybridized carbons (Fsp3) is 0.286. The number of halogens is 1. The van der Waals surface area contributed by atoms with Crippen LogP contribution >= 0.6 is 23.4 Å². The van der Waals surface area contributed by atoms with Gasteiger partial charge in [0.2, 0.25) is 5.91 Å². The first-order valence-corrected chi connectivity index (χ1v) is 10.4. The van der Waals surface area contributed by atoms with Crippen LogP contribution in [-0.2, 0) is 16.1 Å². The zero-order valence-electron chi connectivity index (χ0n) is 16.4. The first-order valence-electron chi connectivity index (χ1n) is 9.12. The van der Waals surface area contributed by atoms with E-state index < -0.39 is 5.25 Å². The molecule has 0 aliphatic carbocycles. The number of aromatic nitrogens is 2. The molecule has 1 amide bonds. The van der Waals surface area contributed by atoms with Crippen LogP contribution in [0.15, 0.2) is 52.4 Å². The summed E-state index contributed by atoms with van der Waals surface area (Å²) >= 11 is 7.29. The van der Waals surface area contributed by atoms with E-state index in [1.807, 2.05) is 31.2 Å². The van der Waals surface area contributed by atoms with Gasteiger partial charge < -0.3 is 10.1 Å². The van der Waals surface area contributed by atoms with E-state index >= 15 is 0 Å². The van der Waals surface area contributed by atoms with Gasteiger partial charge in [0.1, 0.15) is 0 Å². The summed E-state index contributed by atoms with van der Waals surface area (Å²) in [6.07, 6.45) is 0. The molecule has 3 aromatic rings. The van der Waals surface area contributed by atoms with Crippen LogP contribution in [0.5, 0.6) is 0 Å². The van der Waals surface area contributed by atoms with E-state index in [2.05, 4.69) is 10.3 Å². The minimum Gasteiger partial charge on any atom is -0.383 e. The molecule has 0 aliphatic rings. The molecule has 6 nitrogen and oxygen atoms in total. The van der Waals surface area contributed by atoms with Crippen LogP contribution in [-0.4, -0.2) is 34.4 Å². The molecule has 0 bridgehead atoms. The fourth-order valence-corrected chi connectivity index (χ4v) is 3.92. The summed E-state index contributed by atoms with van der Waals surface area (Å²) < 4.78 is 6.67. The summed E-state index contributed by atoms with van der Waals surface area (Å²) in [7, 11) is 1.57. The molecule has 0 aliphatic heterocycles. The van der Waals surface area contributed by atoms with Crippen LogP contribution in [0.25, 0.3) is 10.9 Å². The zero-order chi connectivity index (χ0) is 21.0. The average molecular weight is 432 g/mol. The average Bonchev–Trinajstić information content (AvgIpc) is 2.67. The van der Waals surface area contributed by atoms with Crippen molar-refractivity contribution in [3.63, 3.8) is 0 Å². The number of methoxy groups -OCH3 is 1. The lowest BCUT2D eigenvalue weighted by Crippen LogP contribution is -2.28. The topological polar surface area (TPSA) is 73.2 Å². The van der Waals surface area contributed by atoms with Gasteiger partial charge in [0.15, 0.2) is 5.16 Å². The Bertz CT molecular complexity index is 1100. The molecule has 1 atom stereocenters. The lowest BCUT2D eigenvalue weighted by molar-refractivity contribution is -0.115. The Morgan fingerprint density at radius 1 is 1.31 bits per heavy atom. The number of carbonyl (C=O) groups is 1. The summed E-state index contributed by atoms with van der Waals surface area (Å²) in [5.41, 5.74) is 2.12. The van der Waals surface area contributed by atoms with Gasteiger partial charge in [0.25, 0.3) is 5.56 Å². The van der Waals surface area contributed by atoms with E-state index in [0.29, 0.717) is 34.2 Å². The summed E-state index contributed by atoms with van der Waals surface area (Å²) in [5.74, 6) is -0.167. The number of thioether (sulfide) groups is 1. The molecule has 0 radical (unpaired) electrons. The van der Waals surface area contributed by atoms with Gasteiger partial charge in [0, 0.05) is 17.8 Å². The van der Waals surface area contributed by atoms with E-state index in [0.717, 1.165) is 11.3 Å². The molecule has 1 N–H and O–H groups in total.